The molecule has 2 N–H and O–H groups in total. The number of aliphatic hydroxyl groups is 1. The molecule has 1 atom stereocenters. The number of fused-ring (bicyclic) bond motifs is 2. The molecule has 0 radical (unpaired) electrons. The zero-order valence-electron chi connectivity index (χ0n) is 15.1. The van der Waals surface area contributed by atoms with Gasteiger partial charge in [0.05, 0.1) is 6.10 Å². The predicted octanol–water partition coefficient (Wildman–Crippen LogP) is 4.54. The maximum absolute atomic E-state index is 10.2. The smallest absolute Gasteiger partial charge is 0.0765 e. The first-order valence-corrected chi connectivity index (χ1v) is 9.00. The molecule has 2 heterocycles. The molecule has 0 saturated carbocycles. The van der Waals surface area contributed by atoms with Crippen molar-refractivity contribution in [3.05, 3.63) is 65.2 Å². The molecule has 1 unspecified atom stereocenters. The number of likely N-dealkylation sites (tertiary alicyclic amines) is 1. The summed E-state index contributed by atoms with van der Waals surface area (Å²) in [7, 11) is 0. The van der Waals surface area contributed by atoms with Crippen molar-refractivity contribution in [2.24, 2.45) is 0 Å². The Kier molecular flexibility index (Phi) is 6.98. The summed E-state index contributed by atoms with van der Waals surface area (Å²) in [5.41, 5.74) is 5.29. The summed E-state index contributed by atoms with van der Waals surface area (Å²) in [4.78, 5) is 2.56. The van der Waals surface area contributed by atoms with Crippen LogP contribution in [0.3, 0.4) is 0 Å². The van der Waals surface area contributed by atoms with E-state index in [1.807, 2.05) is 6.92 Å². The maximum Gasteiger partial charge on any atom is 0.0765 e. The van der Waals surface area contributed by atoms with Gasteiger partial charge in [0.25, 0.3) is 0 Å². The maximum atomic E-state index is 10.2. The first-order valence-electron chi connectivity index (χ1n) is 9.00. The van der Waals surface area contributed by atoms with Gasteiger partial charge in [-0.1, -0.05) is 42.5 Å². The van der Waals surface area contributed by atoms with Crippen molar-refractivity contribution >= 4 is 30.5 Å². The van der Waals surface area contributed by atoms with Gasteiger partial charge in [-0.25, -0.2) is 0 Å². The lowest BCUT2D eigenvalue weighted by molar-refractivity contribution is 0.156. The third-order valence-electron chi connectivity index (χ3n) is 5.76. The summed E-state index contributed by atoms with van der Waals surface area (Å²) in [6.07, 6.45) is 1.91. The number of benzene rings is 2. The highest BCUT2D eigenvalue weighted by molar-refractivity contribution is 5.85. The number of hydrogen-bond acceptors (Lipinski definition) is 3. The lowest BCUT2D eigenvalue weighted by Crippen LogP contribution is -2.43. The van der Waals surface area contributed by atoms with Crippen LogP contribution in [0.4, 0.5) is 5.69 Å². The van der Waals surface area contributed by atoms with Crippen LogP contribution in [-0.2, 0) is 12.0 Å². The minimum atomic E-state index is -0.404. The largest absolute Gasteiger partial charge is 0.389 e. The fourth-order valence-electron chi connectivity index (χ4n) is 4.42. The standard InChI is InChI=1S/C21H26N2O.2ClH/c1-16(24)18-8-5-9-19-20(18)21(15-22-19)10-12-23(13-11-21)14-17-6-3-2-4-7-17;;/h2-9,16,22,24H,10-15H2,1H3;2*1H. The average Bonchev–Trinajstić information content (AvgIpc) is 2.97. The van der Waals surface area contributed by atoms with E-state index in [9.17, 15) is 5.11 Å². The number of anilines is 1. The van der Waals surface area contributed by atoms with E-state index in [4.69, 9.17) is 0 Å². The molecule has 1 fully saturated rings. The number of aliphatic hydroxyl groups excluding tert-OH is 1. The van der Waals surface area contributed by atoms with Crippen LogP contribution in [0.1, 0.15) is 42.6 Å². The molecule has 2 aliphatic heterocycles. The van der Waals surface area contributed by atoms with Gasteiger partial charge >= 0.3 is 0 Å². The zero-order chi connectivity index (χ0) is 16.6. The fourth-order valence-corrected chi connectivity index (χ4v) is 4.42. The molecule has 2 aromatic rings. The number of rotatable bonds is 3. The molecule has 2 aliphatic rings. The van der Waals surface area contributed by atoms with Gasteiger partial charge < -0.3 is 10.4 Å². The van der Waals surface area contributed by atoms with Gasteiger partial charge in [0, 0.05) is 24.2 Å². The van der Waals surface area contributed by atoms with Crippen LogP contribution in [-0.4, -0.2) is 29.6 Å². The summed E-state index contributed by atoms with van der Waals surface area (Å²) < 4.78 is 0. The Bertz CT molecular complexity index is 713. The second kappa shape index (κ2) is 8.62. The molecule has 26 heavy (non-hydrogen) atoms. The molecule has 0 aliphatic carbocycles. The van der Waals surface area contributed by atoms with Gasteiger partial charge in [0.15, 0.2) is 0 Å². The van der Waals surface area contributed by atoms with Crippen molar-refractivity contribution in [3.8, 4) is 0 Å². The summed E-state index contributed by atoms with van der Waals surface area (Å²) in [6.45, 7) is 6.15. The molecule has 142 valence electrons. The molecule has 3 nitrogen and oxygen atoms in total. The Hall–Kier alpha value is -1.26. The summed E-state index contributed by atoms with van der Waals surface area (Å²) in [5, 5.41) is 13.8. The second-order valence-electron chi connectivity index (χ2n) is 7.34. The molecule has 1 spiro atoms. The number of halogens is 2. The van der Waals surface area contributed by atoms with Crippen molar-refractivity contribution < 1.29 is 5.11 Å². The molecular weight excluding hydrogens is 367 g/mol. The van der Waals surface area contributed by atoms with Crippen LogP contribution in [0.15, 0.2) is 48.5 Å². The Morgan fingerprint density at radius 3 is 2.38 bits per heavy atom. The number of nitrogens with zero attached hydrogens (tertiary/aromatic N) is 1. The van der Waals surface area contributed by atoms with E-state index in [0.29, 0.717) is 0 Å². The number of hydrogen-bond donors (Lipinski definition) is 2. The van der Waals surface area contributed by atoms with Crippen molar-refractivity contribution in [2.75, 3.05) is 25.0 Å². The molecule has 0 bridgehead atoms. The van der Waals surface area contributed by atoms with E-state index >= 15 is 0 Å². The van der Waals surface area contributed by atoms with Gasteiger partial charge in [-0.2, -0.15) is 0 Å². The summed E-state index contributed by atoms with van der Waals surface area (Å²) in [6, 6.07) is 17.0. The van der Waals surface area contributed by atoms with Crippen LogP contribution in [0, 0.1) is 0 Å². The van der Waals surface area contributed by atoms with Crippen molar-refractivity contribution in [1.82, 2.24) is 4.90 Å². The first kappa shape index (κ1) is 21.0. The van der Waals surface area contributed by atoms with E-state index in [1.54, 1.807) is 0 Å². The molecule has 0 amide bonds. The lowest BCUT2D eigenvalue weighted by Gasteiger charge is -2.40. The minimum Gasteiger partial charge on any atom is -0.389 e. The van der Waals surface area contributed by atoms with E-state index in [1.165, 1.54) is 16.8 Å². The third-order valence-corrected chi connectivity index (χ3v) is 5.76. The average molecular weight is 395 g/mol. The second-order valence-corrected chi connectivity index (χ2v) is 7.34. The highest BCUT2D eigenvalue weighted by Gasteiger charge is 2.43. The molecule has 5 heteroatoms. The van der Waals surface area contributed by atoms with Crippen LogP contribution in [0.25, 0.3) is 0 Å². The van der Waals surface area contributed by atoms with E-state index in [2.05, 4.69) is 58.7 Å². The summed E-state index contributed by atoms with van der Waals surface area (Å²) >= 11 is 0. The molecule has 2 aromatic carbocycles. The third kappa shape index (κ3) is 3.86. The van der Waals surface area contributed by atoms with Crippen LogP contribution in [0.2, 0.25) is 0 Å². The number of nitrogens with one attached hydrogen (secondary N) is 1. The zero-order valence-corrected chi connectivity index (χ0v) is 16.8. The molecule has 4 rings (SSSR count). The van der Waals surface area contributed by atoms with E-state index < -0.39 is 6.10 Å². The Labute approximate surface area is 168 Å². The van der Waals surface area contributed by atoms with Gasteiger partial charge in [-0.3, -0.25) is 4.90 Å². The van der Waals surface area contributed by atoms with Gasteiger partial charge in [0.2, 0.25) is 0 Å². The number of piperidine rings is 1. The SMILES string of the molecule is CC(O)c1cccc2c1C1(CCN(Cc3ccccc3)CC1)CN2.Cl.Cl. The van der Waals surface area contributed by atoms with Crippen molar-refractivity contribution in [3.63, 3.8) is 0 Å². The summed E-state index contributed by atoms with van der Waals surface area (Å²) in [5.74, 6) is 0. The molecule has 1 saturated heterocycles. The van der Waals surface area contributed by atoms with Crippen LogP contribution < -0.4 is 5.32 Å². The fraction of sp³-hybridized carbons (Fsp3) is 0.429. The highest BCUT2D eigenvalue weighted by Crippen LogP contribution is 2.47. The van der Waals surface area contributed by atoms with Gasteiger partial charge in [-0.05, 0) is 55.6 Å². The molecular formula is C21H28Cl2N2O. The molecule has 0 aromatic heterocycles. The Morgan fingerprint density at radius 1 is 1.04 bits per heavy atom. The van der Waals surface area contributed by atoms with Gasteiger partial charge in [0.1, 0.15) is 0 Å². The van der Waals surface area contributed by atoms with Crippen molar-refractivity contribution in [2.45, 2.75) is 37.8 Å². The highest BCUT2D eigenvalue weighted by atomic mass is 35.5. The first-order chi connectivity index (χ1) is 11.7. The Morgan fingerprint density at radius 2 is 1.73 bits per heavy atom. The predicted molar refractivity (Wildman–Crippen MR) is 113 cm³/mol. The monoisotopic (exact) mass is 394 g/mol. The van der Waals surface area contributed by atoms with Crippen LogP contribution in [0.5, 0.6) is 0 Å². The van der Waals surface area contributed by atoms with Gasteiger partial charge in [-0.15, -0.1) is 24.8 Å². The minimum absolute atomic E-state index is 0. The van der Waals surface area contributed by atoms with E-state index in [0.717, 1.165) is 44.6 Å². The Balaban J connectivity index is 0.00000121. The normalized spacial score (nSPS) is 19.0. The quantitative estimate of drug-likeness (QED) is 0.801. The lowest BCUT2D eigenvalue weighted by atomic mass is 9.72. The van der Waals surface area contributed by atoms with Crippen molar-refractivity contribution in [1.29, 1.82) is 0 Å². The van der Waals surface area contributed by atoms with E-state index in [-0.39, 0.29) is 30.2 Å². The van der Waals surface area contributed by atoms with Crippen LogP contribution >= 0.6 is 24.8 Å². The topological polar surface area (TPSA) is 35.5 Å².